The number of carbonyl (C=O) groups excluding carboxylic acids is 8. The largest absolute Gasteiger partial charge is 0.481 e. The predicted octanol–water partition coefficient (Wildman–Crippen LogP) is 16.0. The monoisotopic (exact) mass is 1560 g/mol. The number of carboxylic acids is 4. The number of aliphatic carboxylic acids is 4. The number of H-pyrrole nitrogens is 2. The molecule has 7 aromatic rings. The Labute approximate surface area is 668 Å². The fourth-order valence-corrected chi connectivity index (χ4v) is 23.9. The number of piperidine rings is 4. The molecule has 16 bridgehead atoms. The summed E-state index contributed by atoms with van der Waals surface area (Å²) in [6.07, 6.45) is 8.39. The molecule has 0 radical (unpaired) electrons. The van der Waals surface area contributed by atoms with Gasteiger partial charge in [-0.25, -0.2) is 29.6 Å². The molecule has 6 aliphatic heterocycles. The molecule has 4 aromatic carbocycles. The van der Waals surface area contributed by atoms with Gasteiger partial charge in [0.05, 0.1) is 67.2 Å². The van der Waals surface area contributed by atoms with Crippen LogP contribution in [0.15, 0.2) is 121 Å². The molecule has 4 aliphatic carbocycles. The van der Waals surface area contributed by atoms with Crippen molar-refractivity contribution in [2.45, 2.75) is 160 Å². The highest BCUT2D eigenvalue weighted by Crippen LogP contribution is 2.64. The highest BCUT2D eigenvalue weighted by molar-refractivity contribution is 6.24. The first-order valence-corrected chi connectivity index (χ1v) is 39.3. The highest BCUT2D eigenvalue weighted by Gasteiger charge is 2.68. The molecule has 8 fully saturated rings. The van der Waals surface area contributed by atoms with Gasteiger partial charge in [0.1, 0.15) is 0 Å². The van der Waals surface area contributed by atoms with Crippen LogP contribution in [0.2, 0.25) is 0 Å². The number of nitrogens with zero attached hydrogens (tertiary/aromatic N) is 6. The summed E-state index contributed by atoms with van der Waals surface area (Å²) in [5.74, 6) is -8.35. The van der Waals surface area contributed by atoms with Gasteiger partial charge >= 0.3 is 23.9 Å². The fourth-order valence-electron chi connectivity index (χ4n) is 23.9. The summed E-state index contributed by atoms with van der Waals surface area (Å²) >= 11 is 0. The number of aromatic amines is 2. The van der Waals surface area contributed by atoms with E-state index in [1.165, 1.54) is 19.6 Å². The second kappa shape index (κ2) is 24.7. The number of carboxylic acid groups (broad SMARTS) is 4. The van der Waals surface area contributed by atoms with E-state index in [0.717, 1.165) is 0 Å². The van der Waals surface area contributed by atoms with Crippen molar-refractivity contribution < 1.29 is 78.0 Å². The number of hydrogen-bond donors (Lipinski definition) is 6. The molecule has 17 rings (SSSR count). The first kappa shape index (κ1) is 76.5. The number of amides is 8. The molecule has 116 heavy (non-hydrogen) atoms. The standard InChI is InChI=1S/C92H90N8O16/c1-81-37-82(2,42-89(9,41-81)77(109)110)70(102)97(69(81)101)53-21-13-49(14-22-53)65-57-29-31-59(93-57)66(50-15-23-54(24-16-50)98-71(103)83(3)38-84(4,72(98)104)44-90(10,43-83)78(111)112)61-33-35-63(95-61)68(52-19-27-56(28-20-52)100-75(107)87(7)40-88(8,76(100)108)48-92(12,47-87)80(115)116)64-36-34-62(96-64)67(60-32-30-58(65)94-60)51-17-25-55(26-18-51)99-73(105)85(5)39-86(6,74(99)106)46-91(11,45-85)79(113)114/h13-36,93,96H,37-48H2,1-12H3,(H,109,110)(H,111,112)(H,113,114)(H,115,116). The van der Waals surface area contributed by atoms with Crippen LogP contribution in [-0.2, 0) is 57.5 Å². The molecule has 0 spiro atoms. The van der Waals surface area contributed by atoms with Gasteiger partial charge in [-0.1, -0.05) is 104 Å². The molecule has 24 nitrogen and oxygen atoms in total. The maximum Gasteiger partial charge on any atom is 0.309 e. The molecular weight excluding hydrogens is 1470 g/mol. The summed E-state index contributed by atoms with van der Waals surface area (Å²) in [6, 6.07) is 35.4. The summed E-state index contributed by atoms with van der Waals surface area (Å²) in [5.41, 5.74) is -5.24. The number of nitrogens with one attached hydrogen (secondary N) is 2. The van der Waals surface area contributed by atoms with Crippen LogP contribution < -0.4 is 19.6 Å². The number of rotatable bonds is 12. The van der Waals surface area contributed by atoms with Crippen LogP contribution in [-0.4, -0.2) is 111 Å². The van der Waals surface area contributed by atoms with Gasteiger partial charge in [0.2, 0.25) is 47.3 Å². The van der Waals surface area contributed by atoms with Crippen molar-refractivity contribution in [3.05, 3.63) is 144 Å². The van der Waals surface area contributed by atoms with Gasteiger partial charge in [0.25, 0.3) is 0 Å². The Bertz CT molecular complexity index is 5120. The maximum atomic E-state index is 14.8. The van der Waals surface area contributed by atoms with Gasteiger partial charge in [-0.15, -0.1) is 0 Å². The first-order chi connectivity index (χ1) is 54.3. The number of carbonyl (C=O) groups is 12. The van der Waals surface area contributed by atoms with Crippen LogP contribution in [0.3, 0.4) is 0 Å². The van der Waals surface area contributed by atoms with Crippen molar-refractivity contribution in [2.24, 2.45) is 65.0 Å². The van der Waals surface area contributed by atoms with Crippen LogP contribution in [0, 0.1) is 65.0 Å². The first-order valence-electron chi connectivity index (χ1n) is 39.3. The van der Waals surface area contributed by atoms with Crippen LogP contribution in [0.4, 0.5) is 22.7 Å². The van der Waals surface area contributed by atoms with Crippen molar-refractivity contribution in [1.29, 1.82) is 0 Å². The van der Waals surface area contributed by atoms with E-state index in [-0.39, 0.29) is 99.8 Å². The summed E-state index contributed by atoms with van der Waals surface area (Å²) in [7, 11) is 0. The summed E-state index contributed by atoms with van der Waals surface area (Å²) in [6.45, 7) is 20.2. The molecule has 6 N–H and O–H groups in total. The minimum absolute atomic E-state index is 0.0283. The zero-order valence-corrected chi connectivity index (χ0v) is 66.7. The normalized spacial score (nSPS) is 32.6. The van der Waals surface area contributed by atoms with Gasteiger partial charge in [-0.05, 0) is 224 Å². The maximum absolute atomic E-state index is 14.8. The van der Waals surface area contributed by atoms with Crippen LogP contribution in [0.25, 0.3) is 90.9 Å². The summed E-state index contributed by atoms with van der Waals surface area (Å²) in [5, 5.41) is 41.8. The molecule has 8 atom stereocenters. The molecule has 4 saturated heterocycles. The number of hydrogen-bond acceptors (Lipinski definition) is 14. The van der Waals surface area contributed by atoms with E-state index in [1.54, 1.807) is 180 Å². The Balaban J connectivity index is 0.867. The molecule has 8 unspecified atom stereocenters. The molecule has 594 valence electrons. The number of benzene rings is 4. The molecule has 24 heteroatoms. The average Bonchev–Trinajstić information content (AvgIpc) is 0.980. The smallest absolute Gasteiger partial charge is 0.309 e. The number of imide groups is 4. The van der Waals surface area contributed by atoms with E-state index in [0.29, 0.717) is 89.4 Å². The average molecular weight is 1560 g/mol. The van der Waals surface area contributed by atoms with Gasteiger partial charge in [0.15, 0.2) is 0 Å². The minimum atomic E-state index is -1.33. The second-order valence-corrected chi connectivity index (χ2v) is 38.5. The fraction of sp³-hybridized carbons (Fsp3) is 0.391. The third-order valence-corrected chi connectivity index (χ3v) is 27.6. The van der Waals surface area contributed by atoms with Gasteiger partial charge in [-0.2, -0.15) is 0 Å². The number of aromatic nitrogens is 4. The van der Waals surface area contributed by atoms with Gasteiger partial charge < -0.3 is 30.4 Å². The lowest BCUT2D eigenvalue weighted by molar-refractivity contribution is -0.169. The zero-order valence-electron chi connectivity index (χ0n) is 66.7. The Kier molecular flexibility index (Phi) is 16.3. The van der Waals surface area contributed by atoms with E-state index in [4.69, 9.17) is 9.97 Å². The highest BCUT2D eigenvalue weighted by atomic mass is 16.4. The third-order valence-electron chi connectivity index (χ3n) is 27.6. The van der Waals surface area contributed by atoms with Crippen molar-refractivity contribution >= 4 is 140 Å². The quantitative estimate of drug-likeness (QED) is 0.0619. The second-order valence-electron chi connectivity index (χ2n) is 38.5. The molecule has 10 aliphatic rings. The molecule has 4 saturated carbocycles. The van der Waals surface area contributed by atoms with Crippen LogP contribution >= 0.6 is 0 Å². The molecule has 3 aromatic heterocycles. The Morgan fingerprint density at radius 3 is 0.560 bits per heavy atom. The predicted molar refractivity (Wildman–Crippen MR) is 434 cm³/mol. The van der Waals surface area contributed by atoms with E-state index in [9.17, 15) is 78.0 Å². The van der Waals surface area contributed by atoms with E-state index in [1.807, 2.05) is 48.6 Å². The minimum Gasteiger partial charge on any atom is -0.481 e. The van der Waals surface area contributed by atoms with Crippen LogP contribution in [0.1, 0.15) is 183 Å². The molecule has 9 heterocycles. The van der Waals surface area contributed by atoms with Crippen molar-refractivity contribution in [1.82, 2.24) is 19.9 Å². The van der Waals surface area contributed by atoms with Gasteiger partial charge in [-0.3, -0.25) is 57.5 Å². The van der Waals surface area contributed by atoms with Crippen LogP contribution in [0.5, 0.6) is 0 Å². The zero-order chi connectivity index (χ0) is 83.1. The lowest BCUT2D eigenvalue weighted by Crippen LogP contribution is -2.64. The Morgan fingerprint density at radius 1 is 0.259 bits per heavy atom. The molecule has 8 amide bonds. The number of fused-ring (bicyclic) bond motifs is 16. The molecular formula is C92H90N8O16. The van der Waals surface area contributed by atoms with Crippen molar-refractivity contribution in [2.75, 3.05) is 19.6 Å². The Morgan fingerprint density at radius 2 is 0.414 bits per heavy atom. The van der Waals surface area contributed by atoms with E-state index >= 15 is 0 Å². The van der Waals surface area contributed by atoms with E-state index in [2.05, 4.69) is 9.97 Å². The lowest BCUT2D eigenvalue weighted by Gasteiger charge is -2.55. The third kappa shape index (κ3) is 11.2. The lowest BCUT2D eigenvalue weighted by atomic mass is 9.51. The topological polar surface area (TPSA) is 356 Å². The number of anilines is 4. The van der Waals surface area contributed by atoms with Gasteiger partial charge in [0, 0.05) is 87.6 Å². The SMILES string of the molecule is CC1(C(=O)O)CC2(C)CC(C)(C1)C(=O)N(c1ccc(-c3c4nc(c(-c5ccc(N6C(=O)C7(C)CC(C)(C(=O)O)CC(C)(C7)C6=O)cc5)c5ccc([nH]5)c(-c5ccc(N6C(=O)C7(C)CC(C)(C(=O)O)CC(C)(C7)C6=O)cc5)c5nc(c(-c6ccc(N7C(=O)C8(C)CC(C)(C(=O)O)CC(C)(C8)C7=O)cc6)c6ccc3[nH]6)C=C5)C=C4)cc1)C2=O. The van der Waals surface area contributed by atoms with Crippen molar-refractivity contribution in [3.8, 4) is 44.5 Å². The van der Waals surface area contributed by atoms with Crippen molar-refractivity contribution in [3.63, 3.8) is 0 Å². The van der Waals surface area contributed by atoms with E-state index < -0.39 is 136 Å². The summed E-state index contributed by atoms with van der Waals surface area (Å²) in [4.78, 5) is 193. The summed E-state index contributed by atoms with van der Waals surface area (Å²) < 4.78 is 0. The Hall–Kier alpha value is -12.1.